The molecule has 0 saturated heterocycles. The average molecular weight is 411 g/mol. The number of dihydropyridines is 1. The molecule has 3 rings (SSSR count). The van der Waals surface area contributed by atoms with Gasteiger partial charge in [-0.25, -0.2) is 9.59 Å². The van der Waals surface area contributed by atoms with E-state index in [0.717, 1.165) is 31.8 Å². The largest absolute Gasteiger partial charge is 0.478 e. The van der Waals surface area contributed by atoms with Crippen LogP contribution >= 0.6 is 0 Å². The first-order valence-corrected chi connectivity index (χ1v) is 10.2. The first-order chi connectivity index (χ1) is 14.3. The van der Waals surface area contributed by atoms with Crippen molar-refractivity contribution in [1.82, 2.24) is 5.32 Å². The minimum absolute atomic E-state index is 0.0533. The number of hydrogen-bond acceptors (Lipinski definition) is 6. The molecular formula is C23H25NO6. The summed E-state index contributed by atoms with van der Waals surface area (Å²) in [5.41, 5.74) is -0.00906. The van der Waals surface area contributed by atoms with Crippen molar-refractivity contribution in [2.75, 3.05) is 0 Å². The van der Waals surface area contributed by atoms with Crippen LogP contribution in [0.5, 0.6) is 0 Å². The van der Waals surface area contributed by atoms with E-state index in [2.05, 4.69) is 12.2 Å². The predicted octanol–water partition coefficient (Wildman–Crippen LogP) is 3.05. The van der Waals surface area contributed by atoms with E-state index in [1.165, 1.54) is 19.2 Å². The number of unbranched alkanes of at least 4 members (excludes halogenated alkanes) is 4. The van der Waals surface area contributed by atoms with Gasteiger partial charge in [0, 0.05) is 35.5 Å². The standard InChI is InChI=1S/C23H25NO6/c1-3-4-5-6-7-8-18(25)20-17-12-14-11-15(9-10-19(26)27)24-13-16(14)21(28)23(17,2)30-22(20)29/h9-13,24H,3-8H2,1-2H3,(H,26,27). The van der Waals surface area contributed by atoms with Gasteiger partial charge < -0.3 is 15.2 Å². The van der Waals surface area contributed by atoms with Crippen LogP contribution in [0.1, 0.15) is 52.4 Å². The molecule has 1 atom stereocenters. The van der Waals surface area contributed by atoms with E-state index in [4.69, 9.17) is 9.84 Å². The second-order valence-electron chi connectivity index (χ2n) is 7.70. The van der Waals surface area contributed by atoms with Gasteiger partial charge in [-0.2, -0.15) is 0 Å². The molecular weight excluding hydrogens is 386 g/mol. The lowest BCUT2D eigenvalue weighted by Gasteiger charge is -2.31. The molecule has 0 spiro atoms. The van der Waals surface area contributed by atoms with E-state index in [1.807, 2.05) is 0 Å². The maximum Gasteiger partial charge on any atom is 0.343 e. The van der Waals surface area contributed by atoms with E-state index in [9.17, 15) is 19.2 Å². The van der Waals surface area contributed by atoms with Crippen molar-refractivity contribution in [2.45, 2.75) is 58.0 Å². The van der Waals surface area contributed by atoms with Crippen molar-refractivity contribution in [1.29, 1.82) is 0 Å². The topological polar surface area (TPSA) is 110 Å². The van der Waals surface area contributed by atoms with Gasteiger partial charge in [0.25, 0.3) is 0 Å². The summed E-state index contributed by atoms with van der Waals surface area (Å²) in [4.78, 5) is 49.1. The van der Waals surface area contributed by atoms with Crippen molar-refractivity contribution in [2.24, 2.45) is 0 Å². The number of allylic oxidation sites excluding steroid dienone is 3. The number of hydrogen-bond donors (Lipinski definition) is 2. The van der Waals surface area contributed by atoms with Crippen molar-refractivity contribution < 1.29 is 29.0 Å². The molecule has 3 aliphatic rings. The van der Waals surface area contributed by atoms with Gasteiger partial charge in [-0.1, -0.05) is 32.6 Å². The number of rotatable bonds is 9. The average Bonchev–Trinajstić information content (AvgIpc) is 2.96. The monoisotopic (exact) mass is 411 g/mol. The molecule has 0 bridgehead atoms. The Morgan fingerprint density at radius 2 is 1.90 bits per heavy atom. The van der Waals surface area contributed by atoms with E-state index < -0.39 is 23.3 Å². The van der Waals surface area contributed by atoms with Crippen molar-refractivity contribution in [3.63, 3.8) is 0 Å². The van der Waals surface area contributed by atoms with Gasteiger partial charge >= 0.3 is 11.9 Å². The number of carbonyl (C=O) groups excluding carboxylic acids is 3. The first-order valence-electron chi connectivity index (χ1n) is 10.2. The molecule has 0 aromatic heterocycles. The molecule has 158 valence electrons. The van der Waals surface area contributed by atoms with Gasteiger partial charge in [0.15, 0.2) is 11.4 Å². The SMILES string of the molecule is CCCCCCCC(=O)C1=C2C=C3C=C(C=CC(=O)O)NC=C3C(=O)C2(C)OC1=O. The highest BCUT2D eigenvalue weighted by Gasteiger charge is 2.53. The van der Waals surface area contributed by atoms with Crippen LogP contribution in [0.25, 0.3) is 0 Å². The lowest BCUT2D eigenvalue weighted by atomic mass is 9.76. The number of nitrogens with one attached hydrogen (secondary N) is 1. The van der Waals surface area contributed by atoms with Crippen LogP contribution in [-0.4, -0.2) is 34.2 Å². The fourth-order valence-electron chi connectivity index (χ4n) is 3.81. The number of ketones is 2. The number of carboxylic acids is 1. The fourth-order valence-corrected chi connectivity index (χ4v) is 3.81. The minimum Gasteiger partial charge on any atom is -0.478 e. The minimum atomic E-state index is -1.52. The third-order valence-electron chi connectivity index (χ3n) is 5.46. The van der Waals surface area contributed by atoms with Gasteiger partial charge in [0.1, 0.15) is 5.57 Å². The molecule has 0 fully saturated rings. The molecule has 0 saturated carbocycles. The Bertz CT molecular complexity index is 962. The second-order valence-corrected chi connectivity index (χ2v) is 7.70. The van der Waals surface area contributed by atoms with Crippen LogP contribution in [-0.2, 0) is 23.9 Å². The number of fused-ring (bicyclic) bond motifs is 2. The summed E-state index contributed by atoms with van der Waals surface area (Å²) in [5, 5.41) is 11.6. The van der Waals surface area contributed by atoms with Crippen LogP contribution < -0.4 is 5.32 Å². The molecule has 30 heavy (non-hydrogen) atoms. The van der Waals surface area contributed by atoms with E-state index in [-0.39, 0.29) is 23.4 Å². The zero-order valence-corrected chi connectivity index (χ0v) is 17.1. The summed E-state index contributed by atoms with van der Waals surface area (Å²) in [6, 6.07) is 0. The Balaban J connectivity index is 1.92. The zero-order valence-electron chi connectivity index (χ0n) is 17.1. The lowest BCUT2D eigenvalue weighted by Crippen LogP contribution is -2.42. The molecule has 2 heterocycles. The molecule has 1 unspecified atom stereocenters. The molecule has 2 N–H and O–H groups in total. The predicted molar refractivity (Wildman–Crippen MR) is 109 cm³/mol. The number of ether oxygens (including phenoxy) is 1. The molecule has 0 aromatic rings. The van der Waals surface area contributed by atoms with Gasteiger partial charge in [0.05, 0.1) is 0 Å². The fraction of sp³-hybridized carbons (Fsp3) is 0.391. The molecule has 0 radical (unpaired) electrons. The lowest BCUT2D eigenvalue weighted by molar-refractivity contribution is -0.153. The van der Waals surface area contributed by atoms with E-state index in [0.29, 0.717) is 23.3 Å². The third kappa shape index (κ3) is 4.06. The Morgan fingerprint density at radius 1 is 1.17 bits per heavy atom. The summed E-state index contributed by atoms with van der Waals surface area (Å²) in [5.74, 6) is -2.59. The maximum atomic E-state index is 13.1. The quantitative estimate of drug-likeness (QED) is 0.260. The highest BCUT2D eigenvalue weighted by atomic mass is 16.6. The number of Topliss-reactive ketones (excluding diaryl/α,β-unsaturated/α-hetero) is 2. The van der Waals surface area contributed by atoms with Gasteiger partial charge in [-0.05, 0) is 37.1 Å². The highest BCUT2D eigenvalue weighted by Crippen LogP contribution is 2.43. The summed E-state index contributed by atoms with van der Waals surface area (Å²) in [6.07, 6.45) is 12.1. The third-order valence-corrected chi connectivity index (χ3v) is 5.46. The number of carboxylic acid groups (broad SMARTS) is 1. The normalized spacial score (nSPS) is 22.7. The van der Waals surface area contributed by atoms with Gasteiger partial charge in [0.2, 0.25) is 5.78 Å². The Morgan fingerprint density at radius 3 is 2.60 bits per heavy atom. The van der Waals surface area contributed by atoms with Crippen molar-refractivity contribution in [3.8, 4) is 0 Å². The number of carbonyl (C=O) groups is 4. The second kappa shape index (κ2) is 8.65. The molecule has 0 aromatic carbocycles. The first kappa shape index (κ1) is 21.5. The Kier molecular flexibility index (Phi) is 6.20. The Hall–Kier alpha value is -3.22. The summed E-state index contributed by atoms with van der Waals surface area (Å²) in [6.45, 7) is 3.61. The van der Waals surface area contributed by atoms with Crippen LogP contribution in [0.2, 0.25) is 0 Å². The Labute approximate surface area is 174 Å². The molecule has 2 aliphatic heterocycles. The van der Waals surface area contributed by atoms with Gasteiger partial charge in [-0.3, -0.25) is 9.59 Å². The number of aliphatic carboxylic acids is 1. The van der Waals surface area contributed by atoms with Crippen LogP contribution in [0, 0.1) is 0 Å². The molecule has 7 heteroatoms. The zero-order chi connectivity index (χ0) is 21.9. The smallest absolute Gasteiger partial charge is 0.343 e. The van der Waals surface area contributed by atoms with Crippen LogP contribution in [0.4, 0.5) is 0 Å². The van der Waals surface area contributed by atoms with Crippen molar-refractivity contribution >= 4 is 23.5 Å². The maximum absolute atomic E-state index is 13.1. The van der Waals surface area contributed by atoms with E-state index in [1.54, 1.807) is 12.2 Å². The van der Waals surface area contributed by atoms with Gasteiger partial charge in [-0.15, -0.1) is 0 Å². The van der Waals surface area contributed by atoms with E-state index >= 15 is 0 Å². The summed E-state index contributed by atoms with van der Waals surface area (Å²) >= 11 is 0. The highest BCUT2D eigenvalue weighted by molar-refractivity contribution is 6.24. The number of esters is 1. The van der Waals surface area contributed by atoms with Crippen molar-refractivity contribution in [3.05, 3.63) is 58.5 Å². The molecule has 7 nitrogen and oxygen atoms in total. The summed E-state index contributed by atoms with van der Waals surface area (Å²) in [7, 11) is 0. The van der Waals surface area contributed by atoms with Crippen LogP contribution in [0.3, 0.4) is 0 Å². The molecule has 1 aliphatic carbocycles. The molecule has 0 amide bonds. The summed E-state index contributed by atoms with van der Waals surface area (Å²) < 4.78 is 5.39. The van der Waals surface area contributed by atoms with Crippen LogP contribution in [0.15, 0.2) is 58.5 Å².